The summed E-state index contributed by atoms with van der Waals surface area (Å²) < 4.78 is 17.9. The standard InChI is InChI=1S/C19H19N5O5S/c1-3-28-18-15(24(25)26)9-13(10-16(18)27-2)11-20-23-17(21-22-19(23)30)12-29-14-7-5-4-6-8-14/h4-11H,3,12H2,1-2H3,(H,22,30)/b20-11-. The lowest BCUT2D eigenvalue weighted by Crippen LogP contribution is -2.05. The molecule has 3 aromatic rings. The van der Waals surface area contributed by atoms with Crippen LogP contribution in [0.4, 0.5) is 5.69 Å². The molecule has 0 aliphatic carbocycles. The molecule has 3 rings (SSSR count). The zero-order valence-corrected chi connectivity index (χ0v) is 17.1. The van der Waals surface area contributed by atoms with Crippen molar-refractivity contribution in [3.63, 3.8) is 0 Å². The molecule has 0 radical (unpaired) electrons. The molecule has 10 nitrogen and oxygen atoms in total. The Kier molecular flexibility index (Phi) is 6.75. The van der Waals surface area contributed by atoms with E-state index in [1.807, 2.05) is 30.3 Å². The summed E-state index contributed by atoms with van der Waals surface area (Å²) in [4.78, 5) is 10.9. The van der Waals surface area contributed by atoms with Gasteiger partial charge in [0.25, 0.3) is 0 Å². The summed E-state index contributed by atoms with van der Waals surface area (Å²) in [6, 6.07) is 12.2. The van der Waals surface area contributed by atoms with Gasteiger partial charge < -0.3 is 14.2 Å². The van der Waals surface area contributed by atoms with Gasteiger partial charge in [0.2, 0.25) is 10.5 Å². The third kappa shape index (κ3) is 4.81. The van der Waals surface area contributed by atoms with Crippen molar-refractivity contribution in [3.05, 3.63) is 68.7 Å². The average molecular weight is 429 g/mol. The van der Waals surface area contributed by atoms with E-state index in [2.05, 4.69) is 15.3 Å². The fourth-order valence-electron chi connectivity index (χ4n) is 2.59. The molecule has 0 aliphatic rings. The summed E-state index contributed by atoms with van der Waals surface area (Å²) in [5.74, 6) is 1.41. The number of hydrogen-bond donors (Lipinski definition) is 1. The van der Waals surface area contributed by atoms with E-state index in [0.29, 0.717) is 17.1 Å². The number of methoxy groups -OCH3 is 1. The van der Waals surface area contributed by atoms with Crippen LogP contribution in [0.3, 0.4) is 0 Å². The van der Waals surface area contributed by atoms with Crippen molar-refractivity contribution in [2.24, 2.45) is 5.10 Å². The summed E-state index contributed by atoms with van der Waals surface area (Å²) in [7, 11) is 1.41. The summed E-state index contributed by atoms with van der Waals surface area (Å²) in [6.45, 7) is 2.12. The number of benzene rings is 2. The number of nitrogens with zero attached hydrogens (tertiary/aromatic N) is 4. The van der Waals surface area contributed by atoms with Crippen molar-refractivity contribution < 1.29 is 19.1 Å². The molecule has 0 unspecified atom stereocenters. The highest BCUT2D eigenvalue weighted by Crippen LogP contribution is 2.37. The number of rotatable bonds is 9. The molecular weight excluding hydrogens is 410 g/mol. The van der Waals surface area contributed by atoms with Crippen LogP contribution in [-0.4, -0.2) is 39.7 Å². The summed E-state index contributed by atoms with van der Waals surface area (Å²) in [6.07, 6.45) is 1.42. The highest BCUT2D eigenvalue weighted by Gasteiger charge is 2.21. The maximum atomic E-state index is 11.5. The maximum absolute atomic E-state index is 11.5. The first-order valence-electron chi connectivity index (χ1n) is 8.91. The second kappa shape index (κ2) is 9.65. The Morgan fingerprint density at radius 2 is 2.07 bits per heavy atom. The first-order chi connectivity index (χ1) is 14.5. The molecule has 11 heteroatoms. The summed E-state index contributed by atoms with van der Waals surface area (Å²) >= 11 is 5.21. The Balaban J connectivity index is 1.89. The second-order valence-electron chi connectivity index (χ2n) is 5.86. The topological polar surface area (TPSA) is 117 Å². The van der Waals surface area contributed by atoms with Gasteiger partial charge in [0, 0.05) is 11.6 Å². The fourth-order valence-corrected chi connectivity index (χ4v) is 2.78. The fraction of sp³-hybridized carbons (Fsp3) is 0.211. The molecule has 1 heterocycles. The first kappa shape index (κ1) is 21.0. The van der Waals surface area contributed by atoms with E-state index >= 15 is 0 Å². The molecule has 0 amide bonds. The van der Waals surface area contributed by atoms with E-state index in [1.165, 1.54) is 24.1 Å². The number of nitro benzene ring substituents is 1. The molecule has 0 atom stereocenters. The lowest BCUT2D eigenvalue weighted by Gasteiger charge is -2.10. The molecule has 0 aliphatic heterocycles. The quantitative estimate of drug-likeness (QED) is 0.238. The third-order valence-corrected chi connectivity index (χ3v) is 4.18. The van der Waals surface area contributed by atoms with Crippen molar-refractivity contribution in [1.82, 2.24) is 14.9 Å². The molecular formula is C19H19N5O5S. The number of ether oxygens (including phenoxy) is 3. The minimum Gasteiger partial charge on any atom is -0.493 e. The van der Waals surface area contributed by atoms with E-state index < -0.39 is 4.92 Å². The molecule has 0 saturated carbocycles. The highest BCUT2D eigenvalue weighted by molar-refractivity contribution is 7.71. The summed E-state index contributed by atoms with van der Waals surface area (Å²) in [5.41, 5.74) is 0.209. The van der Waals surface area contributed by atoms with Gasteiger partial charge in [0.1, 0.15) is 12.4 Å². The van der Waals surface area contributed by atoms with Crippen LogP contribution in [0.25, 0.3) is 0 Å². The molecule has 1 N–H and O–H groups in total. The lowest BCUT2D eigenvalue weighted by atomic mass is 10.2. The Hall–Kier alpha value is -3.73. The van der Waals surface area contributed by atoms with Gasteiger partial charge in [0.15, 0.2) is 11.6 Å². The van der Waals surface area contributed by atoms with Gasteiger partial charge in [-0.05, 0) is 37.3 Å². The van der Waals surface area contributed by atoms with Gasteiger partial charge in [-0.15, -0.1) is 0 Å². The van der Waals surface area contributed by atoms with E-state index in [9.17, 15) is 10.1 Å². The van der Waals surface area contributed by atoms with Crippen molar-refractivity contribution in [3.8, 4) is 17.2 Å². The van der Waals surface area contributed by atoms with E-state index in [4.69, 9.17) is 26.4 Å². The predicted octanol–water partition coefficient (Wildman–Crippen LogP) is 3.72. The van der Waals surface area contributed by atoms with Crippen molar-refractivity contribution in [1.29, 1.82) is 0 Å². The van der Waals surface area contributed by atoms with Gasteiger partial charge in [-0.1, -0.05) is 18.2 Å². The normalized spacial score (nSPS) is 10.9. The predicted molar refractivity (Wildman–Crippen MR) is 112 cm³/mol. The van der Waals surface area contributed by atoms with Crippen LogP contribution in [0.15, 0.2) is 47.6 Å². The molecule has 1 aromatic heterocycles. The Bertz CT molecular complexity index is 1110. The van der Waals surface area contributed by atoms with Crippen molar-refractivity contribution in [2.45, 2.75) is 13.5 Å². The zero-order valence-electron chi connectivity index (χ0n) is 16.3. The second-order valence-corrected chi connectivity index (χ2v) is 6.25. The number of aromatic amines is 1. The number of para-hydroxylation sites is 1. The molecule has 30 heavy (non-hydrogen) atoms. The Morgan fingerprint density at radius 3 is 2.73 bits per heavy atom. The SMILES string of the molecule is CCOc1c(OC)cc(/C=N\n2c(COc3ccccc3)n[nH]c2=S)cc1[N+](=O)[O-]. The van der Waals surface area contributed by atoms with E-state index in [1.54, 1.807) is 13.0 Å². The van der Waals surface area contributed by atoms with E-state index in [-0.39, 0.29) is 35.2 Å². The van der Waals surface area contributed by atoms with Crippen LogP contribution >= 0.6 is 12.2 Å². The maximum Gasteiger partial charge on any atom is 0.315 e. The molecule has 0 bridgehead atoms. The van der Waals surface area contributed by atoms with Gasteiger partial charge in [-0.2, -0.15) is 14.9 Å². The molecule has 0 spiro atoms. The third-order valence-electron chi connectivity index (χ3n) is 3.91. The molecule has 2 aromatic carbocycles. The summed E-state index contributed by atoms with van der Waals surface area (Å²) in [5, 5.41) is 22.5. The minimum absolute atomic E-state index is 0.0685. The van der Waals surface area contributed by atoms with Gasteiger partial charge in [-0.25, -0.2) is 5.10 Å². The van der Waals surface area contributed by atoms with Crippen LogP contribution in [0.5, 0.6) is 17.2 Å². The van der Waals surface area contributed by atoms with Gasteiger partial charge in [0.05, 0.1) is 24.9 Å². The smallest absolute Gasteiger partial charge is 0.315 e. The average Bonchev–Trinajstić information content (AvgIpc) is 3.11. The Morgan fingerprint density at radius 1 is 1.30 bits per heavy atom. The Labute approximate surface area is 176 Å². The number of aromatic nitrogens is 3. The molecule has 0 fully saturated rings. The largest absolute Gasteiger partial charge is 0.493 e. The van der Waals surface area contributed by atoms with Crippen molar-refractivity contribution in [2.75, 3.05) is 13.7 Å². The zero-order chi connectivity index (χ0) is 21.5. The number of nitro groups is 1. The lowest BCUT2D eigenvalue weighted by molar-refractivity contribution is -0.385. The van der Waals surface area contributed by atoms with E-state index in [0.717, 1.165) is 0 Å². The number of hydrogen-bond acceptors (Lipinski definition) is 8. The van der Waals surface area contributed by atoms with Crippen LogP contribution < -0.4 is 14.2 Å². The highest BCUT2D eigenvalue weighted by atomic mass is 32.1. The number of H-pyrrole nitrogens is 1. The molecule has 156 valence electrons. The number of nitrogens with one attached hydrogen (secondary N) is 1. The first-order valence-corrected chi connectivity index (χ1v) is 9.32. The van der Waals surface area contributed by atoms with Gasteiger partial charge >= 0.3 is 5.69 Å². The van der Waals surface area contributed by atoms with Crippen LogP contribution in [-0.2, 0) is 6.61 Å². The van der Waals surface area contributed by atoms with Gasteiger partial charge in [-0.3, -0.25) is 10.1 Å². The van der Waals surface area contributed by atoms with Crippen molar-refractivity contribution >= 4 is 24.1 Å². The monoisotopic (exact) mass is 429 g/mol. The minimum atomic E-state index is -0.534. The van der Waals surface area contributed by atoms with Crippen LogP contribution in [0.2, 0.25) is 0 Å². The molecule has 0 saturated heterocycles. The van der Waals surface area contributed by atoms with Crippen LogP contribution in [0.1, 0.15) is 18.3 Å². The van der Waals surface area contributed by atoms with Crippen LogP contribution in [0, 0.1) is 14.9 Å².